The highest BCUT2D eigenvalue weighted by molar-refractivity contribution is 6.08. The number of nitrogens with one attached hydrogen (secondary N) is 1. The Kier molecular flexibility index (Phi) is 7.68. The third-order valence-electron chi connectivity index (χ3n) is 6.41. The number of amides is 2. The maximum absolute atomic E-state index is 13.3. The van der Waals surface area contributed by atoms with E-state index < -0.39 is 23.7 Å². The van der Waals surface area contributed by atoms with Gasteiger partial charge in [0.15, 0.2) is 0 Å². The highest BCUT2D eigenvalue weighted by atomic mass is 19.4. The number of rotatable bonds is 3. The quantitative estimate of drug-likeness (QED) is 0.470. The minimum absolute atomic E-state index is 0.201. The second-order valence-electron chi connectivity index (χ2n) is 9.18. The summed E-state index contributed by atoms with van der Waals surface area (Å²) in [5.41, 5.74) is 3.22. The number of aliphatic carboxylic acids is 1. The Morgan fingerprint density at radius 3 is 2.36 bits per heavy atom. The number of pyridine rings is 1. The molecule has 2 atom stereocenters. The molecule has 0 radical (unpaired) electrons. The van der Waals surface area contributed by atoms with Crippen LogP contribution in [0, 0.1) is 12.7 Å². The number of halogens is 4. The Bertz CT molecular complexity index is 1380. The number of carbonyl (C=O) groups is 3. The van der Waals surface area contributed by atoms with Gasteiger partial charge in [-0.05, 0) is 61.4 Å². The zero-order valence-electron chi connectivity index (χ0n) is 20.5. The number of anilines is 2. The molecule has 1 fully saturated rings. The van der Waals surface area contributed by atoms with E-state index >= 15 is 0 Å². The van der Waals surface area contributed by atoms with E-state index in [1.54, 1.807) is 17.2 Å². The predicted octanol–water partition coefficient (Wildman–Crippen LogP) is 4.49. The molecule has 2 amide bonds. The molecule has 3 aromatic rings. The van der Waals surface area contributed by atoms with Crippen LogP contribution in [0.5, 0.6) is 0 Å². The van der Waals surface area contributed by atoms with Crippen LogP contribution in [0.15, 0.2) is 66.9 Å². The minimum Gasteiger partial charge on any atom is -0.475 e. The lowest BCUT2D eigenvalue weighted by molar-refractivity contribution is -0.192. The fraction of sp³-hybridized carbons (Fsp3) is 0.259. The van der Waals surface area contributed by atoms with Crippen LogP contribution in [0.2, 0.25) is 0 Å². The maximum atomic E-state index is 13.3. The molecule has 204 valence electrons. The Morgan fingerprint density at radius 1 is 1.08 bits per heavy atom. The molecule has 2 N–H and O–H groups in total. The van der Waals surface area contributed by atoms with E-state index in [9.17, 15) is 27.2 Å². The number of aryl methyl sites for hydroxylation is 1. The number of carbonyl (C=O) groups excluding carboxylic acids is 2. The lowest BCUT2D eigenvalue weighted by atomic mass is 9.80. The van der Waals surface area contributed by atoms with Crippen molar-refractivity contribution in [2.45, 2.75) is 31.0 Å². The van der Waals surface area contributed by atoms with E-state index in [-0.39, 0.29) is 17.6 Å². The van der Waals surface area contributed by atoms with Gasteiger partial charge >= 0.3 is 12.1 Å². The predicted molar refractivity (Wildman–Crippen MR) is 132 cm³/mol. The molecule has 2 aliphatic heterocycles. The molecule has 0 bridgehead atoms. The van der Waals surface area contributed by atoms with E-state index in [1.165, 1.54) is 24.3 Å². The van der Waals surface area contributed by atoms with Crippen molar-refractivity contribution in [3.8, 4) is 0 Å². The van der Waals surface area contributed by atoms with Gasteiger partial charge in [0.25, 0.3) is 11.8 Å². The van der Waals surface area contributed by atoms with Crippen LogP contribution in [0.3, 0.4) is 0 Å². The number of carboxylic acid groups (broad SMARTS) is 1. The molecule has 3 heterocycles. The summed E-state index contributed by atoms with van der Waals surface area (Å²) in [6.07, 6.45) is -3.64. The van der Waals surface area contributed by atoms with E-state index in [0.717, 1.165) is 16.9 Å². The summed E-state index contributed by atoms with van der Waals surface area (Å²) in [5.74, 6) is -3.57. The first kappa shape index (κ1) is 27.7. The van der Waals surface area contributed by atoms with Gasteiger partial charge in [-0.25, -0.2) is 9.18 Å². The third kappa shape index (κ3) is 6.06. The number of fused-ring (bicyclic) bond motifs is 2. The molecule has 39 heavy (non-hydrogen) atoms. The van der Waals surface area contributed by atoms with Gasteiger partial charge in [0.1, 0.15) is 11.9 Å². The lowest BCUT2D eigenvalue weighted by Crippen LogP contribution is -2.38. The number of para-hydroxylation sites is 1. The lowest BCUT2D eigenvalue weighted by Gasteiger charge is -2.23. The van der Waals surface area contributed by atoms with Gasteiger partial charge in [0.2, 0.25) is 0 Å². The molecule has 2 aliphatic rings. The van der Waals surface area contributed by atoms with Gasteiger partial charge < -0.3 is 20.1 Å². The smallest absolute Gasteiger partial charge is 0.475 e. The summed E-state index contributed by atoms with van der Waals surface area (Å²) in [7, 11) is 0. The van der Waals surface area contributed by atoms with E-state index in [2.05, 4.69) is 10.3 Å². The van der Waals surface area contributed by atoms with Gasteiger partial charge in [-0.2, -0.15) is 13.2 Å². The maximum Gasteiger partial charge on any atom is 0.490 e. The normalized spacial score (nSPS) is 19.7. The molecule has 2 aromatic carbocycles. The van der Waals surface area contributed by atoms with Crippen molar-refractivity contribution in [2.24, 2.45) is 0 Å². The Hall–Kier alpha value is -4.32. The van der Waals surface area contributed by atoms with Crippen LogP contribution in [0.4, 0.5) is 28.9 Å². The zero-order chi connectivity index (χ0) is 28.4. The van der Waals surface area contributed by atoms with Crippen molar-refractivity contribution in [3.63, 3.8) is 0 Å². The monoisotopic (exact) mass is 545 g/mol. The first-order valence-electron chi connectivity index (χ1n) is 11.7. The molecule has 8 nitrogen and oxygen atoms in total. The molecule has 5 rings (SSSR count). The van der Waals surface area contributed by atoms with Crippen molar-refractivity contribution in [3.05, 3.63) is 89.5 Å². The first-order valence-corrected chi connectivity index (χ1v) is 11.7. The summed E-state index contributed by atoms with van der Waals surface area (Å²) < 4.78 is 51.0. The van der Waals surface area contributed by atoms with E-state index in [4.69, 9.17) is 14.6 Å². The molecule has 2 unspecified atom stereocenters. The fourth-order valence-corrected chi connectivity index (χ4v) is 4.52. The molecular weight excluding hydrogens is 522 g/mol. The topological polar surface area (TPSA) is 109 Å². The van der Waals surface area contributed by atoms with Crippen molar-refractivity contribution < 1.29 is 41.8 Å². The van der Waals surface area contributed by atoms with Crippen molar-refractivity contribution in [2.75, 3.05) is 23.4 Å². The number of benzene rings is 2. The standard InChI is InChI=1S/C25H22FN3O3.C2HF3O2/c1-16-6-11-19(13-27-16)28-23(30)22-12-25(15-32-22)14-29(21-5-3-2-4-20(21)25)24(31)17-7-9-18(26)10-8-17;3-2(4,5)1(6)7/h2-11,13,22H,12,14-15H2,1H3,(H,28,30);(H,6,7). The molecule has 1 spiro atoms. The third-order valence-corrected chi connectivity index (χ3v) is 6.41. The van der Waals surface area contributed by atoms with Crippen LogP contribution < -0.4 is 10.2 Å². The Balaban J connectivity index is 0.000000448. The van der Waals surface area contributed by atoms with Gasteiger partial charge in [-0.15, -0.1) is 0 Å². The minimum atomic E-state index is -5.08. The summed E-state index contributed by atoms with van der Waals surface area (Å²) in [6.45, 7) is 2.62. The highest BCUT2D eigenvalue weighted by Crippen LogP contribution is 2.47. The number of carboxylic acids is 1. The molecule has 0 saturated carbocycles. The molecule has 0 aliphatic carbocycles. The molecule has 12 heteroatoms. The first-order chi connectivity index (χ1) is 18.4. The number of nitrogens with zero attached hydrogens (tertiary/aromatic N) is 2. The number of alkyl halides is 3. The van der Waals surface area contributed by atoms with Crippen LogP contribution in [0.25, 0.3) is 0 Å². The van der Waals surface area contributed by atoms with Crippen molar-refractivity contribution in [1.82, 2.24) is 4.98 Å². The Labute approximate surface area is 220 Å². The summed E-state index contributed by atoms with van der Waals surface area (Å²) in [6, 6.07) is 16.9. The number of hydrogen-bond acceptors (Lipinski definition) is 5. The SMILES string of the molecule is Cc1ccc(NC(=O)C2CC3(CO2)CN(C(=O)c2ccc(F)cc2)c2ccccc23)cn1.O=C(O)C(F)(F)F. The number of ether oxygens (including phenoxy) is 1. The molecule has 1 saturated heterocycles. The van der Waals surface area contributed by atoms with Crippen molar-refractivity contribution >= 4 is 29.2 Å². The van der Waals surface area contributed by atoms with E-state index in [0.29, 0.717) is 30.8 Å². The highest BCUT2D eigenvalue weighted by Gasteiger charge is 2.51. The largest absolute Gasteiger partial charge is 0.490 e. The summed E-state index contributed by atoms with van der Waals surface area (Å²) >= 11 is 0. The van der Waals surface area contributed by atoms with Gasteiger partial charge in [-0.1, -0.05) is 18.2 Å². The second kappa shape index (κ2) is 10.8. The Morgan fingerprint density at radius 2 is 1.74 bits per heavy atom. The number of aromatic nitrogens is 1. The average Bonchev–Trinajstić information content (AvgIpc) is 3.48. The van der Waals surface area contributed by atoms with Crippen LogP contribution >= 0.6 is 0 Å². The van der Waals surface area contributed by atoms with Crippen LogP contribution in [-0.2, 0) is 19.7 Å². The van der Waals surface area contributed by atoms with E-state index in [1.807, 2.05) is 37.3 Å². The van der Waals surface area contributed by atoms with Crippen LogP contribution in [0.1, 0.15) is 28.0 Å². The average molecular weight is 545 g/mol. The second-order valence-corrected chi connectivity index (χ2v) is 9.18. The fourth-order valence-electron chi connectivity index (χ4n) is 4.52. The summed E-state index contributed by atoms with van der Waals surface area (Å²) in [5, 5.41) is 9.99. The van der Waals surface area contributed by atoms with Gasteiger partial charge in [0.05, 0.1) is 18.5 Å². The molecule has 1 aromatic heterocycles. The van der Waals surface area contributed by atoms with Crippen LogP contribution in [-0.4, -0.2) is 53.3 Å². The summed E-state index contributed by atoms with van der Waals surface area (Å²) in [4.78, 5) is 40.9. The van der Waals surface area contributed by atoms with Gasteiger partial charge in [0, 0.05) is 28.9 Å². The van der Waals surface area contributed by atoms with Gasteiger partial charge in [-0.3, -0.25) is 14.6 Å². The number of hydrogen-bond donors (Lipinski definition) is 2. The molecular formula is C27H23F4N3O5. The van der Waals surface area contributed by atoms with Crippen molar-refractivity contribution in [1.29, 1.82) is 0 Å². The zero-order valence-corrected chi connectivity index (χ0v) is 20.5.